The second kappa shape index (κ2) is 32.6. The minimum absolute atomic E-state index is 0.168. The zero-order chi connectivity index (χ0) is 58.7. The predicted octanol–water partition coefficient (Wildman–Crippen LogP) is 0.619. The molecule has 1 aliphatic carbocycles. The standard InChI is InChI=1S/C57H90N2O20/c1-31-19-17-15-13-11-9-7-8-10-12-14-16-18-20-41(77-56-53(71)49(58)54(35(5)76-56)78-46-23-37(30-60)33(3)52(70)50(46)59-36(6)61)27-45-48(55(72)73)44(67)29-57(74,79-45)28-43(66)42(65)22-21-38(62)24-39(63)25-40(64)26-47(68)75-34(4)32(2)51(31)69/h7-20,31-35,37-46,48-54,56,60,62-67,69-71,74H,21-30,58H2,1-6H3,(H,59,61)(H,72,73)/b8-7+,11-9+,12-10+,15-13+,16-14+,19-17+,20-18+. The van der Waals surface area contributed by atoms with Crippen molar-refractivity contribution in [2.75, 3.05) is 6.61 Å². The summed E-state index contributed by atoms with van der Waals surface area (Å²) in [6.45, 7) is 9.59. The highest BCUT2D eigenvalue weighted by atomic mass is 16.7. The average molecular weight is 1120 g/mol. The Hall–Kier alpha value is -4.05. The summed E-state index contributed by atoms with van der Waals surface area (Å²) in [5, 5.41) is 134. The Kier molecular flexibility index (Phi) is 27.8. The molecule has 0 spiro atoms. The van der Waals surface area contributed by atoms with Crippen LogP contribution in [-0.2, 0) is 38.1 Å². The van der Waals surface area contributed by atoms with Crippen LogP contribution >= 0.6 is 0 Å². The molecule has 24 atom stereocenters. The van der Waals surface area contributed by atoms with Crippen LogP contribution in [0.15, 0.2) is 85.1 Å². The highest BCUT2D eigenvalue weighted by Gasteiger charge is 2.52. The number of hydrogen-bond acceptors (Lipinski definition) is 20. The lowest BCUT2D eigenvalue weighted by atomic mass is 9.74. The summed E-state index contributed by atoms with van der Waals surface area (Å²) in [5.41, 5.74) is 6.64. The molecule has 0 aromatic heterocycles. The largest absolute Gasteiger partial charge is 0.481 e. The first-order valence-electron chi connectivity index (χ1n) is 27.5. The average Bonchev–Trinajstić information content (AvgIpc) is 3.36. The van der Waals surface area contributed by atoms with Crippen LogP contribution in [-0.4, -0.2) is 201 Å². The van der Waals surface area contributed by atoms with Crippen LogP contribution in [0.3, 0.4) is 0 Å². The highest BCUT2D eigenvalue weighted by Crippen LogP contribution is 2.39. The van der Waals surface area contributed by atoms with E-state index in [2.05, 4.69) is 5.32 Å². The zero-order valence-corrected chi connectivity index (χ0v) is 46.1. The van der Waals surface area contributed by atoms with E-state index >= 15 is 0 Å². The van der Waals surface area contributed by atoms with Gasteiger partial charge >= 0.3 is 11.9 Å². The molecule has 4 aliphatic rings. The number of carboxylic acids is 1. The number of hydrogen-bond donors (Lipinski definition) is 14. The van der Waals surface area contributed by atoms with E-state index in [1.807, 2.05) is 13.0 Å². The van der Waals surface area contributed by atoms with Crippen molar-refractivity contribution in [3.63, 3.8) is 0 Å². The number of carboxylic acid groups (broad SMARTS) is 1. The number of amides is 1. The van der Waals surface area contributed by atoms with Crippen LogP contribution in [0.1, 0.15) is 99.3 Å². The van der Waals surface area contributed by atoms with Gasteiger partial charge in [-0.15, -0.1) is 0 Å². The molecule has 22 nitrogen and oxygen atoms in total. The minimum Gasteiger partial charge on any atom is -0.481 e. The molecule has 15 N–H and O–H groups in total. The predicted molar refractivity (Wildman–Crippen MR) is 288 cm³/mol. The lowest BCUT2D eigenvalue weighted by Gasteiger charge is -2.48. The normalized spacial score (nSPS) is 45.3. The number of carbonyl (C=O) groups is 3. The van der Waals surface area contributed by atoms with Crippen LogP contribution in [0.5, 0.6) is 0 Å². The van der Waals surface area contributed by atoms with Gasteiger partial charge in [0.15, 0.2) is 12.1 Å². The SMILES string of the molecule is CC(=O)NC1C(OC2C(C)OC(OC3/C=C/C=C/C=C/C=C/C=C/C=C/C=C/C(C)C(O)C(C)C(C)OC(=O)CC(O)CC(O)CC(O)CCC(O)C(O)CC4(O)CC(O)C(C(=O)O)C(C3)O4)C(O)C2N)CC(CO)C(C)C1O. The molecule has 22 heteroatoms. The van der Waals surface area contributed by atoms with Gasteiger partial charge in [-0.3, -0.25) is 14.4 Å². The molecule has 3 aliphatic heterocycles. The van der Waals surface area contributed by atoms with Gasteiger partial charge in [-0.05, 0) is 57.8 Å². The first-order valence-corrected chi connectivity index (χ1v) is 27.5. The lowest BCUT2D eigenvalue weighted by Crippen LogP contribution is -2.66. The maximum atomic E-state index is 12.8. The molecular formula is C57H90N2O20. The van der Waals surface area contributed by atoms with Gasteiger partial charge in [-0.1, -0.05) is 106 Å². The van der Waals surface area contributed by atoms with E-state index in [4.69, 9.17) is 29.4 Å². The number of nitrogens with two attached hydrogens (primary N) is 1. The van der Waals surface area contributed by atoms with Crippen LogP contribution in [0, 0.1) is 29.6 Å². The van der Waals surface area contributed by atoms with Crippen molar-refractivity contribution in [3.05, 3.63) is 85.1 Å². The van der Waals surface area contributed by atoms with Crippen molar-refractivity contribution in [3.8, 4) is 0 Å². The number of aliphatic carboxylic acids is 1. The fourth-order valence-corrected chi connectivity index (χ4v) is 10.6. The number of ether oxygens (including phenoxy) is 5. The third-order valence-electron chi connectivity index (χ3n) is 15.5. The number of allylic oxidation sites excluding steroid dienone is 12. The quantitative estimate of drug-likeness (QED) is 0.155. The van der Waals surface area contributed by atoms with Crippen molar-refractivity contribution in [1.29, 1.82) is 0 Å². The van der Waals surface area contributed by atoms with E-state index in [1.165, 1.54) is 13.0 Å². The van der Waals surface area contributed by atoms with Crippen LogP contribution in [0.25, 0.3) is 0 Å². The highest BCUT2D eigenvalue weighted by molar-refractivity contribution is 5.73. The van der Waals surface area contributed by atoms with Gasteiger partial charge < -0.3 is 96.0 Å². The van der Waals surface area contributed by atoms with E-state index in [9.17, 15) is 75.7 Å². The molecule has 4 rings (SSSR count). The molecule has 24 unspecified atom stereocenters. The Bertz CT molecular complexity index is 2100. The summed E-state index contributed by atoms with van der Waals surface area (Å²) >= 11 is 0. The third-order valence-corrected chi connectivity index (χ3v) is 15.5. The summed E-state index contributed by atoms with van der Waals surface area (Å²) in [7, 11) is 0. The van der Waals surface area contributed by atoms with Gasteiger partial charge in [0.05, 0.1) is 91.8 Å². The summed E-state index contributed by atoms with van der Waals surface area (Å²) in [4.78, 5) is 37.6. The first-order chi connectivity index (χ1) is 37.2. The van der Waals surface area contributed by atoms with Gasteiger partial charge in [-0.2, -0.15) is 0 Å². The molecular weight excluding hydrogens is 1030 g/mol. The number of fused-ring (bicyclic) bond motifs is 2. The Labute approximate surface area is 463 Å². The zero-order valence-electron chi connectivity index (χ0n) is 46.1. The molecule has 3 heterocycles. The minimum atomic E-state index is -2.42. The van der Waals surface area contributed by atoms with Crippen molar-refractivity contribution in [2.24, 2.45) is 35.3 Å². The van der Waals surface area contributed by atoms with Crippen LogP contribution in [0.2, 0.25) is 0 Å². The summed E-state index contributed by atoms with van der Waals surface area (Å²) in [6, 6.07) is -2.08. The van der Waals surface area contributed by atoms with Crippen molar-refractivity contribution >= 4 is 17.8 Å². The molecule has 79 heavy (non-hydrogen) atoms. The second-order valence-corrected chi connectivity index (χ2v) is 22.0. The molecule has 2 saturated heterocycles. The number of nitrogens with one attached hydrogen (secondary N) is 1. The van der Waals surface area contributed by atoms with Gasteiger partial charge in [0.25, 0.3) is 0 Å². The van der Waals surface area contributed by atoms with E-state index in [0.717, 1.165) is 0 Å². The molecule has 3 fully saturated rings. The van der Waals surface area contributed by atoms with Gasteiger partial charge in [-0.25, -0.2) is 0 Å². The Morgan fingerprint density at radius 1 is 0.684 bits per heavy atom. The Morgan fingerprint density at radius 2 is 1.25 bits per heavy atom. The van der Waals surface area contributed by atoms with E-state index in [1.54, 1.807) is 101 Å². The van der Waals surface area contributed by atoms with E-state index < -0.39 is 177 Å². The maximum Gasteiger partial charge on any atom is 0.311 e. The summed E-state index contributed by atoms with van der Waals surface area (Å²) in [5.74, 6) is -8.29. The van der Waals surface area contributed by atoms with Gasteiger partial charge in [0.2, 0.25) is 5.91 Å². The Balaban J connectivity index is 1.59. The molecule has 1 saturated carbocycles. The number of rotatable bonds is 7. The van der Waals surface area contributed by atoms with Crippen LogP contribution < -0.4 is 11.1 Å². The first kappa shape index (κ1) is 67.5. The topological polar surface area (TPSA) is 378 Å². The summed E-state index contributed by atoms with van der Waals surface area (Å²) in [6.07, 6.45) is 0.947. The smallest absolute Gasteiger partial charge is 0.311 e. The van der Waals surface area contributed by atoms with Gasteiger partial charge in [0, 0.05) is 44.6 Å². The Morgan fingerprint density at radius 3 is 1.84 bits per heavy atom. The monoisotopic (exact) mass is 1120 g/mol. The maximum absolute atomic E-state index is 12.8. The van der Waals surface area contributed by atoms with Gasteiger partial charge in [0.1, 0.15) is 24.2 Å². The lowest BCUT2D eigenvalue weighted by molar-refractivity contribution is -0.312. The fourth-order valence-electron chi connectivity index (χ4n) is 10.6. The second-order valence-electron chi connectivity index (χ2n) is 22.0. The number of aliphatic hydroxyl groups excluding tert-OH is 10. The number of carbonyl (C=O) groups excluding carboxylic acids is 2. The number of esters is 1. The molecule has 0 aromatic rings. The number of cyclic esters (lactones) is 1. The summed E-state index contributed by atoms with van der Waals surface area (Å²) < 4.78 is 30.4. The van der Waals surface area contributed by atoms with Crippen molar-refractivity contribution < 1.29 is 99.3 Å². The van der Waals surface area contributed by atoms with Crippen LogP contribution in [0.4, 0.5) is 0 Å². The molecule has 448 valence electrons. The molecule has 0 aromatic carbocycles. The molecule has 2 bridgehead atoms. The van der Waals surface area contributed by atoms with Crippen molar-refractivity contribution in [1.82, 2.24) is 5.32 Å². The van der Waals surface area contributed by atoms with Crippen molar-refractivity contribution in [2.45, 2.75) is 215 Å². The molecule has 1 amide bonds. The fraction of sp³-hybridized carbons (Fsp3) is 0.702. The van der Waals surface area contributed by atoms with E-state index in [0.29, 0.717) is 0 Å². The molecule has 0 radical (unpaired) electrons. The van der Waals surface area contributed by atoms with E-state index in [-0.39, 0.29) is 50.5 Å². The number of aliphatic hydroxyl groups is 11. The third kappa shape index (κ3) is 21.0.